The lowest BCUT2D eigenvalue weighted by molar-refractivity contribution is 0.614. The summed E-state index contributed by atoms with van der Waals surface area (Å²) in [4.78, 5) is 2.02. The monoisotopic (exact) mass is 224 g/mol. The van der Waals surface area contributed by atoms with Gasteiger partial charge in [0, 0.05) is 19.6 Å². The Labute approximate surface area is 97.5 Å². The van der Waals surface area contributed by atoms with Crippen molar-refractivity contribution in [2.24, 2.45) is 0 Å². The smallest absolute Gasteiger partial charge is 0.146 e. The molecule has 0 spiro atoms. The van der Waals surface area contributed by atoms with Crippen molar-refractivity contribution in [2.75, 3.05) is 24.5 Å². The van der Waals surface area contributed by atoms with Crippen LogP contribution in [0.25, 0.3) is 0 Å². The van der Waals surface area contributed by atoms with E-state index in [1.807, 2.05) is 37.8 Å². The van der Waals surface area contributed by atoms with Crippen LogP contribution in [0.4, 0.5) is 10.1 Å². The van der Waals surface area contributed by atoms with Crippen LogP contribution in [0.2, 0.25) is 0 Å². The van der Waals surface area contributed by atoms with E-state index in [1.54, 1.807) is 6.07 Å². The van der Waals surface area contributed by atoms with Crippen molar-refractivity contribution >= 4 is 5.69 Å². The Bertz CT molecular complexity index is 322. The van der Waals surface area contributed by atoms with E-state index < -0.39 is 0 Å². The number of anilines is 1. The van der Waals surface area contributed by atoms with E-state index >= 15 is 0 Å². The molecular formula is C13H21FN2. The average molecular weight is 224 g/mol. The van der Waals surface area contributed by atoms with E-state index in [4.69, 9.17) is 0 Å². The summed E-state index contributed by atoms with van der Waals surface area (Å²) in [6, 6.07) is 5.48. The minimum Gasteiger partial charge on any atom is -0.370 e. The van der Waals surface area contributed by atoms with Gasteiger partial charge in [0.1, 0.15) is 5.82 Å². The first-order chi connectivity index (χ1) is 7.72. The van der Waals surface area contributed by atoms with Crippen molar-refractivity contribution in [1.82, 2.24) is 5.32 Å². The van der Waals surface area contributed by atoms with Crippen LogP contribution in [-0.2, 0) is 6.54 Å². The first kappa shape index (κ1) is 13.0. The Morgan fingerprint density at radius 1 is 1.19 bits per heavy atom. The molecule has 0 heterocycles. The predicted molar refractivity (Wildman–Crippen MR) is 67.3 cm³/mol. The van der Waals surface area contributed by atoms with E-state index in [0.29, 0.717) is 5.69 Å². The summed E-state index contributed by atoms with van der Waals surface area (Å²) in [6.45, 7) is 9.41. The zero-order valence-corrected chi connectivity index (χ0v) is 10.4. The Balaban J connectivity index is 2.82. The molecule has 0 aliphatic heterocycles. The highest BCUT2D eigenvalue weighted by Crippen LogP contribution is 2.20. The third-order valence-electron chi connectivity index (χ3n) is 2.70. The molecule has 16 heavy (non-hydrogen) atoms. The highest BCUT2D eigenvalue weighted by Gasteiger charge is 2.08. The molecule has 1 aromatic rings. The molecule has 1 aromatic carbocycles. The number of nitrogens with one attached hydrogen (secondary N) is 1. The van der Waals surface area contributed by atoms with Crippen LogP contribution in [-0.4, -0.2) is 19.6 Å². The second-order valence-electron chi connectivity index (χ2n) is 3.74. The number of hydrogen-bond donors (Lipinski definition) is 1. The molecule has 2 nitrogen and oxygen atoms in total. The van der Waals surface area contributed by atoms with Crippen LogP contribution < -0.4 is 10.2 Å². The van der Waals surface area contributed by atoms with Gasteiger partial charge in [-0.25, -0.2) is 4.39 Å². The van der Waals surface area contributed by atoms with E-state index in [-0.39, 0.29) is 5.82 Å². The third-order valence-corrected chi connectivity index (χ3v) is 2.70. The summed E-state index contributed by atoms with van der Waals surface area (Å²) in [5.74, 6) is -0.126. The first-order valence-electron chi connectivity index (χ1n) is 5.97. The quantitative estimate of drug-likeness (QED) is 0.799. The third kappa shape index (κ3) is 3.20. The van der Waals surface area contributed by atoms with Crippen LogP contribution in [0.5, 0.6) is 0 Å². The van der Waals surface area contributed by atoms with Gasteiger partial charge in [-0.3, -0.25) is 0 Å². The maximum atomic E-state index is 13.8. The van der Waals surface area contributed by atoms with Gasteiger partial charge in [-0.1, -0.05) is 13.0 Å². The molecule has 0 saturated carbocycles. The standard InChI is InChI=1S/C13H21FN2/c1-4-15-10-11-7-8-13(12(14)9-11)16(5-2)6-3/h7-9,15H,4-6,10H2,1-3H3. The number of halogens is 1. The predicted octanol–water partition coefficient (Wildman–Crippen LogP) is 2.78. The van der Waals surface area contributed by atoms with E-state index in [0.717, 1.165) is 31.7 Å². The summed E-state index contributed by atoms with van der Waals surface area (Å²) in [7, 11) is 0. The van der Waals surface area contributed by atoms with Crippen LogP contribution in [0.1, 0.15) is 26.3 Å². The Morgan fingerprint density at radius 3 is 2.38 bits per heavy atom. The molecule has 0 radical (unpaired) electrons. The van der Waals surface area contributed by atoms with Gasteiger partial charge >= 0.3 is 0 Å². The van der Waals surface area contributed by atoms with Crippen LogP contribution >= 0.6 is 0 Å². The Hall–Kier alpha value is -1.09. The molecule has 0 bridgehead atoms. The van der Waals surface area contributed by atoms with Gasteiger partial charge in [0.05, 0.1) is 5.69 Å². The molecule has 0 atom stereocenters. The van der Waals surface area contributed by atoms with E-state index in [1.165, 1.54) is 0 Å². The molecule has 0 aliphatic carbocycles. The van der Waals surface area contributed by atoms with Crippen molar-refractivity contribution < 1.29 is 4.39 Å². The molecule has 3 heteroatoms. The fourth-order valence-corrected chi connectivity index (χ4v) is 1.75. The summed E-state index contributed by atoms with van der Waals surface area (Å²) in [5, 5.41) is 3.19. The van der Waals surface area contributed by atoms with E-state index in [9.17, 15) is 4.39 Å². The first-order valence-corrected chi connectivity index (χ1v) is 5.97. The van der Waals surface area contributed by atoms with Crippen LogP contribution in [0.3, 0.4) is 0 Å². The molecule has 0 aliphatic rings. The Morgan fingerprint density at radius 2 is 1.88 bits per heavy atom. The lowest BCUT2D eigenvalue weighted by atomic mass is 10.2. The molecule has 1 rings (SSSR count). The maximum absolute atomic E-state index is 13.8. The summed E-state index contributed by atoms with van der Waals surface area (Å²) in [6.07, 6.45) is 0. The second kappa shape index (κ2) is 6.48. The van der Waals surface area contributed by atoms with Gasteiger partial charge in [0.25, 0.3) is 0 Å². The number of benzene rings is 1. The van der Waals surface area contributed by atoms with E-state index in [2.05, 4.69) is 5.32 Å². The second-order valence-corrected chi connectivity index (χ2v) is 3.74. The molecule has 1 N–H and O–H groups in total. The summed E-state index contributed by atoms with van der Waals surface area (Å²) in [5.41, 5.74) is 1.69. The fraction of sp³-hybridized carbons (Fsp3) is 0.538. The van der Waals surface area contributed by atoms with Gasteiger partial charge in [0.15, 0.2) is 0 Å². The summed E-state index contributed by atoms with van der Waals surface area (Å²) >= 11 is 0. The topological polar surface area (TPSA) is 15.3 Å². The highest BCUT2D eigenvalue weighted by atomic mass is 19.1. The largest absolute Gasteiger partial charge is 0.370 e. The molecule has 0 aromatic heterocycles. The lowest BCUT2D eigenvalue weighted by Crippen LogP contribution is -2.23. The average Bonchev–Trinajstić information content (AvgIpc) is 2.30. The number of hydrogen-bond acceptors (Lipinski definition) is 2. The molecule has 0 unspecified atom stereocenters. The van der Waals surface area contributed by atoms with Gasteiger partial charge in [-0.15, -0.1) is 0 Å². The minimum absolute atomic E-state index is 0.126. The zero-order chi connectivity index (χ0) is 12.0. The van der Waals surface area contributed by atoms with Crippen molar-refractivity contribution in [1.29, 1.82) is 0 Å². The zero-order valence-electron chi connectivity index (χ0n) is 10.4. The molecule has 0 saturated heterocycles. The van der Waals surface area contributed by atoms with Gasteiger partial charge < -0.3 is 10.2 Å². The normalized spacial score (nSPS) is 10.5. The van der Waals surface area contributed by atoms with Gasteiger partial charge in [-0.05, 0) is 38.1 Å². The number of rotatable bonds is 6. The fourth-order valence-electron chi connectivity index (χ4n) is 1.75. The van der Waals surface area contributed by atoms with Gasteiger partial charge in [0.2, 0.25) is 0 Å². The van der Waals surface area contributed by atoms with Crippen LogP contribution in [0.15, 0.2) is 18.2 Å². The Kier molecular flexibility index (Phi) is 5.26. The van der Waals surface area contributed by atoms with Crippen molar-refractivity contribution in [3.8, 4) is 0 Å². The molecule has 0 fully saturated rings. The number of nitrogens with zero attached hydrogens (tertiary/aromatic N) is 1. The molecule has 90 valence electrons. The maximum Gasteiger partial charge on any atom is 0.146 e. The SMILES string of the molecule is CCNCc1ccc(N(CC)CC)c(F)c1. The summed E-state index contributed by atoms with van der Waals surface area (Å²) < 4.78 is 13.8. The van der Waals surface area contributed by atoms with Gasteiger partial charge in [-0.2, -0.15) is 0 Å². The molecular weight excluding hydrogens is 203 g/mol. The highest BCUT2D eigenvalue weighted by molar-refractivity contribution is 5.49. The van der Waals surface area contributed by atoms with Crippen LogP contribution in [0, 0.1) is 5.82 Å². The van der Waals surface area contributed by atoms with Crippen molar-refractivity contribution in [2.45, 2.75) is 27.3 Å². The van der Waals surface area contributed by atoms with Crippen molar-refractivity contribution in [3.05, 3.63) is 29.6 Å². The lowest BCUT2D eigenvalue weighted by Gasteiger charge is -2.21. The molecule has 0 amide bonds. The minimum atomic E-state index is -0.126. The van der Waals surface area contributed by atoms with Crippen molar-refractivity contribution in [3.63, 3.8) is 0 Å².